The number of likely N-dealkylation sites (tertiary alicyclic amines) is 1. The van der Waals surface area contributed by atoms with Crippen LogP contribution in [0.25, 0.3) is 0 Å². The molecule has 5 heteroatoms. The number of piperidine rings is 1. The number of carbonyl (C=O) groups excluding carboxylic acids is 1. The van der Waals surface area contributed by atoms with Crippen LogP contribution in [0.1, 0.15) is 29.6 Å². The zero-order valence-corrected chi connectivity index (χ0v) is 12.4. The third-order valence-electron chi connectivity index (χ3n) is 3.77. The average Bonchev–Trinajstić information content (AvgIpc) is 2.47. The predicted molar refractivity (Wildman–Crippen MR) is 78.6 cm³/mol. The maximum absolute atomic E-state index is 13.8. The van der Waals surface area contributed by atoms with Crippen molar-refractivity contribution < 1.29 is 9.18 Å². The number of carbonyl (C=O) groups is 1. The first-order valence-corrected chi connectivity index (χ1v) is 7.38. The normalized spacial score (nSPS) is 19.1. The van der Waals surface area contributed by atoms with Crippen molar-refractivity contribution in [3.63, 3.8) is 0 Å². The molecule has 1 aromatic carbocycles. The molecule has 2 rings (SSSR count). The van der Waals surface area contributed by atoms with Crippen molar-refractivity contribution in [3.05, 3.63) is 34.6 Å². The van der Waals surface area contributed by atoms with E-state index in [-0.39, 0.29) is 11.5 Å². The van der Waals surface area contributed by atoms with E-state index >= 15 is 0 Å². The molecule has 1 aliphatic heterocycles. The zero-order valence-electron chi connectivity index (χ0n) is 11.7. The highest BCUT2D eigenvalue weighted by Gasteiger charge is 2.25. The van der Waals surface area contributed by atoms with Gasteiger partial charge in [0.2, 0.25) is 0 Å². The van der Waals surface area contributed by atoms with E-state index < -0.39 is 5.82 Å². The molecule has 1 N–H and O–H groups in total. The number of hydrogen-bond donors (Lipinski definition) is 1. The molecule has 0 spiro atoms. The van der Waals surface area contributed by atoms with Crippen molar-refractivity contribution in [1.82, 2.24) is 10.2 Å². The summed E-state index contributed by atoms with van der Waals surface area (Å²) in [5.41, 5.74) is 0.0757. The SMILES string of the molecule is CNCCC1CCCN(C(=O)c2cc(Cl)ccc2F)C1. The number of hydrogen-bond acceptors (Lipinski definition) is 2. The molecule has 0 bridgehead atoms. The molecular formula is C15H20ClFN2O. The summed E-state index contributed by atoms with van der Waals surface area (Å²) in [5, 5.41) is 3.51. The summed E-state index contributed by atoms with van der Waals surface area (Å²) in [6, 6.07) is 4.12. The molecule has 1 saturated heterocycles. The van der Waals surface area contributed by atoms with Gasteiger partial charge in [-0.25, -0.2) is 4.39 Å². The topological polar surface area (TPSA) is 32.3 Å². The number of nitrogens with zero attached hydrogens (tertiary/aromatic N) is 1. The molecular weight excluding hydrogens is 279 g/mol. The monoisotopic (exact) mass is 298 g/mol. The maximum Gasteiger partial charge on any atom is 0.256 e. The van der Waals surface area contributed by atoms with Gasteiger partial charge in [-0.2, -0.15) is 0 Å². The standard InChI is InChI=1S/C15H20ClFN2O/c1-18-7-6-11-3-2-8-19(10-11)15(20)13-9-12(16)4-5-14(13)17/h4-5,9,11,18H,2-3,6-8,10H2,1H3. The number of benzene rings is 1. The van der Waals surface area contributed by atoms with Crippen LogP contribution in [0.2, 0.25) is 5.02 Å². The molecule has 1 atom stereocenters. The smallest absolute Gasteiger partial charge is 0.256 e. The van der Waals surface area contributed by atoms with Crippen molar-refractivity contribution in [2.24, 2.45) is 5.92 Å². The molecule has 1 fully saturated rings. The van der Waals surface area contributed by atoms with Gasteiger partial charge < -0.3 is 10.2 Å². The largest absolute Gasteiger partial charge is 0.338 e. The van der Waals surface area contributed by atoms with Crippen LogP contribution in [0, 0.1) is 11.7 Å². The third kappa shape index (κ3) is 3.70. The minimum absolute atomic E-state index is 0.0757. The molecule has 1 heterocycles. The summed E-state index contributed by atoms with van der Waals surface area (Å²) in [4.78, 5) is 14.2. The van der Waals surface area contributed by atoms with Crippen molar-refractivity contribution in [1.29, 1.82) is 0 Å². The summed E-state index contributed by atoms with van der Waals surface area (Å²) >= 11 is 5.85. The highest BCUT2D eigenvalue weighted by molar-refractivity contribution is 6.31. The Balaban J connectivity index is 2.06. The van der Waals surface area contributed by atoms with Crippen molar-refractivity contribution in [3.8, 4) is 0 Å². The Labute approximate surface area is 124 Å². The van der Waals surface area contributed by atoms with Gasteiger partial charge in [-0.1, -0.05) is 11.6 Å². The van der Waals surface area contributed by atoms with E-state index in [9.17, 15) is 9.18 Å². The quantitative estimate of drug-likeness (QED) is 0.927. The van der Waals surface area contributed by atoms with Gasteiger partial charge in [0, 0.05) is 18.1 Å². The summed E-state index contributed by atoms with van der Waals surface area (Å²) < 4.78 is 13.8. The second-order valence-electron chi connectivity index (χ2n) is 5.28. The lowest BCUT2D eigenvalue weighted by atomic mass is 9.94. The van der Waals surface area contributed by atoms with Gasteiger partial charge in [0.25, 0.3) is 5.91 Å². The second kappa shape index (κ2) is 7.04. The Morgan fingerprint density at radius 3 is 3.10 bits per heavy atom. The molecule has 110 valence electrons. The van der Waals surface area contributed by atoms with Crippen LogP contribution in [0.4, 0.5) is 4.39 Å². The van der Waals surface area contributed by atoms with Gasteiger partial charge in [-0.3, -0.25) is 4.79 Å². The maximum atomic E-state index is 13.8. The lowest BCUT2D eigenvalue weighted by Gasteiger charge is -2.33. The zero-order chi connectivity index (χ0) is 14.5. The predicted octanol–water partition coefficient (Wildman–Crippen LogP) is 2.94. The Kier molecular flexibility index (Phi) is 5.38. The van der Waals surface area contributed by atoms with E-state index in [1.54, 1.807) is 4.90 Å². The van der Waals surface area contributed by atoms with Gasteiger partial charge >= 0.3 is 0 Å². The van der Waals surface area contributed by atoms with Crippen LogP contribution >= 0.6 is 11.6 Å². The number of rotatable bonds is 4. The first-order valence-electron chi connectivity index (χ1n) is 7.00. The van der Waals surface area contributed by atoms with Gasteiger partial charge in [0.1, 0.15) is 5.82 Å². The summed E-state index contributed by atoms with van der Waals surface area (Å²) in [5.74, 6) is -0.265. The van der Waals surface area contributed by atoms with E-state index in [0.717, 1.165) is 25.8 Å². The Morgan fingerprint density at radius 2 is 2.35 bits per heavy atom. The fourth-order valence-electron chi connectivity index (χ4n) is 2.67. The van der Waals surface area contributed by atoms with E-state index in [1.807, 2.05) is 7.05 Å². The molecule has 1 aromatic rings. The fraction of sp³-hybridized carbons (Fsp3) is 0.533. The highest BCUT2D eigenvalue weighted by Crippen LogP contribution is 2.23. The Bertz CT molecular complexity index is 481. The van der Waals surface area contributed by atoms with Gasteiger partial charge in [0.15, 0.2) is 0 Å². The van der Waals surface area contributed by atoms with Crippen LogP contribution in [0.5, 0.6) is 0 Å². The van der Waals surface area contributed by atoms with Crippen LogP contribution in [-0.4, -0.2) is 37.5 Å². The van der Waals surface area contributed by atoms with Crippen LogP contribution in [-0.2, 0) is 0 Å². The third-order valence-corrected chi connectivity index (χ3v) is 4.00. The number of amides is 1. The molecule has 0 aliphatic carbocycles. The molecule has 3 nitrogen and oxygen atoms in total. The fourth-order valence-corrected chi connectivity index (χ4v) is 2.84. The first kappa shape index (κ1) is 15.3. The Hall–Kier alpha value is -1.13. The van der Waals surface area contributed by atoms with Gasteiger partial charge in [-0.15, -0.1) is 0 Å². The van der Waals surface area contributed by atoms with Crippen molar-refractivity contribution in [2.75, 3.05) is 26.7 Å². The molecule has 0 radical (unpaired) electrons. The number of nitrogens with one attached hydrogen (secondary N) is 1. The summed E-state index contributed by atoms with van der Waals surface area (Å²) in [7, 11) is 1.92. The highest BCUT2D eigenvalue weighted by atomic mass is 35.5. The number of halogens is 2. The average molecular weight is 299 g/mol. The van der Waals surface area contributed by atoms with Gasteiger partial charge in [-0.05, 0) is 57.0 Å². The van der Waals surface area contributed by atoms with E-state index in [0.29, 0.717) is 24.0 Å². The van der Waals surface area contributed by atoms with Gasteiger partial charge in [0.05, 0.1) is 5.56 Å². The molecule has 1 aliphatic rings. The van der Waals surface area contributed by atoms with E-state index in [1.165, 1.54) is 18.2 Å². The van der Waals surface area contributed by atoms with E-state index in [2.05, 4.69) is 5.32 Å². The molecule has 1 unspecified atom stereocenters. The second-order valence-corrected chi connectivity index (χ2v) is 5.71. The summed E-state index contributed by atoms with van der Waals surface area (Å²) in [6.45, 7) is 2.34. The Morgan fingerprint density at radius 1 is 1.55 bits per heavy atom. The van der Waals surface area contributed by atoms with Crippen LogP contribution < -0.4 is 5.32 Å². The van der Waals surface area contributed by atoms with Crippen molar-refractivity contribution >= 4 is 17.5 Å². The first-order chi connectivity index (χ1) is 9.61. The van der Waals surface area contributed by atoms with Crippen LogP contribution in [0.15, 0.2) is 18.2 Å². The van der Waals surface area contributed by atoms with Crippen molar-refractivity contribution in [2.45, 2.75) is 19.3 Å². The lowest BCUT2D eigenvalue weighted by molar-refractivity contribution is 0.0664. The van der Waals surface area contributed by atoms with Crippen LogP contribution in [0.3, 0.4) is 0 Å². The molecule has 0 saturated carbocycles. The summed E-state index contributed by atoms with van der Waals surface area (Å²) in [6.07, 6.45) is 3.14. The lowest BCUT2D eigenvalue weighted by Crippen LogP contribution is -2.40. The van der Waals surface area contributed by atoms with E-state index in [4.69, 9.17) is 11.6 Å². The molecule has 1 amide bonds. The minimum atomic E-state index is -0.503. The minimum Gasteiger partial charge on any atom is -0.338 e. The molecule has 20 heavy (non-hydrogen) atoms. The molecule has 0 aromatic heterocycles.